The maximum absolute atomic E-state index is 13.1. The number of halogens is 3. The summed E-state index contributed by atoms with van der Waals surface area (Å²) in [5, 5.41) is 3.14. The van der Waals surface area contributed by atoms with Crippen LogP contribution < -0.4 is 10.2 Å². The Bertz CT molecular complexity index is 1370. The van der Waals surface area contributed by atoms with Crippen molar-refractivity contribution >= 4 is 37.4 Å². The molecule has 0 atom stereocenters. The first-order valence-corrected chi connectivity index (χ1v) is 11.4. The Morgan fingerprint density at radius 1 is 1.03 bits per heavy atom. The number of thiazole rings is 1. The van der Waals surface area contributed by atoms with Gasteiger partial charge in [0.25, 0.3) is 0 Å². The normalized spacial score (nSPS) is 12.1. The standard InChI is InChI=1S/C21H15F3N2O4S2/c1-29-19-12-14(21(22,23)24)5-7-18(19)17-4-2-3-13-11-15(6-8-16(13)17)32(27,28)30-26-20-25-9-10-31-20/h2-12H,1H3,(H,25,26). The van der Waals surface area contributed by atoms with Gasteiger partial charge >= 0.3 is 16.3 Å². The molecule has 0 radical (unpaired) electrons. The third-order valence-corrected chi connectivity index (χ3v) is 6.43. The molecule has 6 nitrogen and oxygen atoms in total. The maximum Gasteiger partial charge on any atom is 0.416 e. The van der Waals surface area contributed by atoms with Crippen LogP contribution in [-0.4, -0.2) is 20.5 Å². The van der Waals surface area contributed by atoms with E-state index in [9.17, 15) is 21.6 Å². The number of rotatable bonds is 6. The van der Waals surface area contributed by atoms with Gasteiger partial charge in [0.2, 0.25) is 5.13 Å². The molecular formula is C21H15F3N2O4S2. The Hall–Kier alpha value is -3.15. The predicted octanol–water partition coefficient (Wildman–Crippen LogP) is 5.72. The molecule has 0 unspecified atom stereocenters. The van der Waals surface area contributed by atoms with Gasteiger partial charge < -0.3 is 4.74 Å². The predicted molar refractivity (Wildman–Crippen MR) is 115 cm³/mol. The average molecular weight is 480 g/mol. The highest BCUT2D eigenvalue weighted by Gasteiger charge is 2.31. The van der Waals surface area contributed by atoms with Crippen molar-refractivity contribution in [2.75, 3.05) is 12.6 Å². The molecule has 1 aromatic heterocycles. The lowest BCUT2D eigenvalue weighted by Crippen LogP contribution is -2.11. The van der Waals surface area contributed by atoms with Gasteiger partial charge in [0.15, 0.2) is 0 Å². The van der Waals surface area contributed by atoms with E-state index in [-0.39, 0.29) is 15.8 Å². The molecule has 4 aromatic rings. The van der Waals surface area contributed by atoms with Crippen LogP contribution in [0.15, 0.2) is 71.1 Å². The van der Waals surface area contributed by atoms with E-state index < -0.39 is 21.9 Å². The lowest BCUT2D eigenvalue weighted by atomic mass is 9.96. The fourth-order valence-corrected chi connectivity index (χ4v) is 4.46. The number of fused-ring (bicyclic) bond motifs is 1. The second kappa shape index (κ2) is 8.41. The smallest absolute Gasteiger partial charge is 0.416 e. The van der Waals surface area contributed by atoms with Crippen molar-refractivity contribution in [2.45, 2.75) is 11.1 Å². The highest BCUT2D eigenvalue weighted by atomic mass is 32.2. The molecule has 3 aromatic carbocycles. The minimum Gasteiger partial charge on any atom is -0.496 e. The van der Waals surface area contributed by atoms with Crippen molar-refractivity contribution < 1.29 is 30.6 Å². The van der Waals surface area contributed by atoms with Crippen LogP contribution in [0.5, 0.6) is 5.75 Å². The third kappa shape index (κ3) is 4.40. The summed E-state index contributed by atoms with van der Waals surface area (Å²) in [4.78, 5) is 3.79. The van der Waals surface area contributed by atoms with Gasteiger partial charge in [-0.05, 0) is 40.6 Å². The first kappa shape index (κ1) is 22.1. The summed E-state index contributed by atoms with van der Waals surface area (Å²) >= 11 is 1.17. The second-order valence-corrected chi connectivity index (χ2v) is 9.02. The van der Waals surface area contributed by atoms with Gasteiger partial charge in [-0.3, -0.25) is 0 Å². The summed E-state index contributed by atoms with van der Waals surface area (Å²) in [7, 11) is -2.84. The van der Waals surface area contributed by atoms with Crippen molar-refractivity contribution in [3.05, 3.63) is 71.7 Å². The molecule has 1 heterocycles. The highest BCUT2D eigenvalue weighted by molar-refractivity contribution is 7.86. The number of nitrogens with one attached hydrogen (secondary N) is 1. The molecule has 0 saturated carbocycles. The number of hydrogen-bond acceptors (Lipinski definition) is 7. The van der Waals surface area contributed by atoms with Crippen LogP contribution in [0, 0.1) is 0 Å². The fraction of sp³-hybridized carbons (Fsp3) is 0.0952. The van der Waals surface area contributed by atoms with E-state index in [1.54, 1.807) is 29.6 Å². The van der Waals surface area contributed by atoms with Crippen LogP contribution in [0.25, 0.3) is 21.9 Å². The van der Waals surface area contributed by atoms with E-state index in [1.165, 1.54) is 42.8 Å². The van der Waals surface area contributed by atoms with Crippen LogP contribution in [0.4, 0.5) is 18.3 Å². The SMILES string of the molecule is COc1cc(C(F)(F)F)ccc1-c1cccc2cc(S(=O)(=O)ONc3nccs3)ccc12. The number of ether oxygens (including phenoxy) is 1. The molecule has 0 spiro atoms. The van der Waals surface area contributed by atoms with E-state index in [4.69, 9.17) is 9.02 Å². The summed E-state index contributed by atoms with van der Waals surface area (Å²) in [5.74, 6) is 0.0556. The van der Waals surface area contributed by atoms with Crippen LogP contribution in [0.3, 0.4) is 0 Å². The van der Waals surface area contributed by atoms with Crippen LogP contribution >= 0.6 is 11.3 Å². The second-order valence-electron chi connectivity index (χ2n) is 6.58. The highest BCUT2D eigenvalue weighted by Crippen LogP contribution is 2.39. The molecule has 4 rings (SSSR count). The molecule has 32 heavy (non-hydrogen) atoms. The molecule has 0 saturated heterocycles. The minimum atomic E-state index is -4.50. The molecule has 166 valence electrons. The first-order chi connectivity index (χ1) is 15.2. The molecule has 0 amide bonds. The number of benzene rings is 3. The van der Waals surface area contributed by atoms with Crippen molar-refractivity contribution in [3.63, 3.8) is 0 Å². The quantitative estimate of drug-likeness (QED) is 0.356. The van der Waals surface area contributed by atoms with E-state index in [0.29, 0.717) is 21.9 Å². The number of aromatic nitrogens is 1. The summed E-state index contributed by atoms with van der Waals surface area (Å²) in [5.41, 5.74) is 2.51. The van der Waals surface area contributed by atoms with E-state index in [0.717, 1.165) is 12.1 Å². The van der Waals surface area contributed by atoms with Crippen LogP contribution in [0.1, 0.15) is 5.56 Å². The Kier molecular flexibility index (Phi) is 5.80. The molecule has 11 heteroatoms. The molecular weight excluding hydrogens is 465 g/mol. The summed E-state index contributed by atoms with van der Waals surface area (Å²) < 4.78 is 74.3. The zero-order valence-corrected chi connectivity index (χ0v) is 18.0. The van der Waals surface area contributed by atoms with Crippen LogP contribution in [0.2, 0.25) is 0 Å². The summed E-state index contributed by atoms with van der Waals surface area (Å²) in [6.45, 7) is 0. The van der Waals surface area contributed by atoms with Gasteiger partial charge in [0.05, 0.1) is 17.6 Å². The van der Waals surface area contributed by atoms with E-state index in [1.807, 2.05) is 0 Å². The molecule has 0 bridgehead atoms. The summed E-state index contributed by atoms with van der Waals surface area (Å²) in [6.07, 6.45) is -3.00. The largest absolute Gasteiger partial charge is 0.496 e. The zero-order chi connectivity index (χ0) is 22.9. The number of nitrogens with zero attached hydrogens (tertiary/aromatic N) is 1. The molecule has 0 aliphatic rings. The van der Waals surface area contributed by atoms with Crippen molar-refractivity contribution in [2.24, 2.45) is 0 Å². The van der Waals surface area contributed by atoms with Crippen molar-refractivity contribution in [1.29, 1.82) is 0 Å². The van der Waals surface area contributed by atoms with Crippen molar-refractivity contribution in [1.82, 2.24) is 4.98 Å². The van der Waals surface area contributed by atoms with Gasteiger partial charge in [-0.2, -0.15) is 21.6 Å². The van der Waals surface area contributed by atoms with Crippen LogP contribution in [-0.2, 0) is 20.6 Å². The van der Waals surface area contributed by atoms with Gasteiger partial charge in [-0.25, -0.2) is 10.5 Å². The average Bonchev–Trinajstić information content (AvgIpc) is 3.30. The number of hydrogen-bond donors (Lipinski definition) is 1. The molecule has 0 aliphatic heterocycles. The van der Waals surface area contributed by atoms with Gasteiger partial charge in [-0.1, -0.05) is 30.3 Å². The lowest BCUT2D eigenvalue weighted by Gasteiger charge is -2.15. The monoisotopic (exact) mass is 480 g/mol. The third-order valence-electron chi connectivity index (χ3n) is 4.63. The van der Waals surface area contributed by atoms with Gasteiger partial charge in [-0.15, -0.1) is 15.6 Å². The van der Waals surface area contributed by atoms with E-state index >= 15 is 0 Å². The van der Waals surface area contributed by atoms with Gasteiger partial charge in [0.1, 0.15) is 5.75 Å². The molecule has 1 N–H and O–H groups in total. The lowest BCUT2D eigenvalue weighted by molar-refractivity contribution is -0.137. The first-order valence-electron chi connectivity index (χ1n) is 9.06. The Morgan fingerprint density at radius 3 is 2.53 bits per heavy atom. The minimum absolute atomic E-state index is 0.0556. The van der Waals surface area contributed by atoms with E-state index in [2.05, 4.69) is 10.5 Å². The zero-order valence-electron chi connectivity index (χ0n) is 16.4. The van der Waals surface area contributed by atoms with Gasteiger partial charge in [0, 0.05) is 17.1 Å². The maximum atomic E-state index is 13.1. The molecule has 0 fully saturated rings. The Morgan fingerprint density at radius 2 is 1.84 bits per heavy atom. The number of methoxy groups -OCH3 is 1. The Balaban J connectivity index is 1.73. The topological polar surface area (TPSA) is 77.5 Å². The number of alkyl halides is 3. The Labute approximate surface area is 185 Å². The molecule has 0 aliphatic carbocycles. The number of anilines is 1. The summed E-state index contributed by atoms with van der Waals surface area (Å²) in [6, 6.07) is 12.7. The van der Waals surface area contributed by atoms with Crippen molar-refractivity contribution in [3.8, 4) is 16.9 Å². The fourth-order valence-electron chi connectivity index (χ4n) is 3.15.